The first kappa shape index (κ1) is 12.4. The summed E-state index contributed by atoms with van der Waals surface area (Å²) >= 11 is 3.46. The van der Waals surface area contributed by atoms with Crippen LogP contribution in [0, 0.1) is 0 Å². The minimum Gasteiger partial charge on any atom is -0.301 e. The molecule has 1 unspecified atom stereocenters. The molecule has 0 rings (SSSR count). The van der Waals surface area contributed by atoms with E-state index in [-0.39, 0.29) is 0 Å². The lowest BCUT2D eigenvalue weighted by atomic mass is 10.2. The van der Waals surface area contributed by atoms with Crippen molar-refractivity contribution in [1.29, 1.82) is 0 Å². The van der Waals surface area contributed by atoms with Crippen molar-refractivity contribution < 1.29 is 0 Å². The molecule has 0 spiro atoms. The number of unbranched alkanes of at least 4 members (excludes halogenated alkanes) is 1. The van der Waals surface area contributed by atoms with Crippen molar-refractivity contribution in [2.24, 2.45) is 0 Å². The van der Waals surface area contributed by atoms with Crippen LogP contribution in [-0.4, -0.2) is 29.4 Å². The van der Waals surface area contributed by atoms with Crippen LogP contribution in [0.2, 0.25) is 0 Å². The average molecular weight is 236 g/mol. The molecule has 0 aromatic carbocycles. The Morgan fingerprint density at radius 3 is 2.33 bits per heavy atom. The zero-order chi connectivity index (χ0) is 9.40. The molecule has 0 radical (unpaired) electrons. The molecule has 12 heavy (non-hydrogen) atoms. The summed E-state index contributed by atoms with van der Waals surface area (Å²) in [6.45, 7) is 9.28. The second-order valence-corrected chi connectivity index (χ2v) is 4.07. The number of hydrogen-bond acceptors (Lipinski definition) is 1. The lowest BCUT2D eigenvalue weighted by Gasteiger charge is -2.26. The van der Waals surface area contributed by atoms with Crippen LogP contribution in [0.1, 0.15) is 40.0 Å². The molecule has 0 aliphatic carbocycles. The van der Waals surface area contributed by atoms with Crippen LogP contribution < -0.4 is 0 Å². The van der Waals surface area contributed by atoms with Gasteiger partial charge in [0, 0.05) is 11.4 Å². The fourth-order valence-electron chi connectivity index (χ4n) is 1.36. The molecule has 0 aromatic rings. The van der Waals surface area contributed by atoms with Gasteiger partial charge in [-0.1, -0.05) is 29.8 Å². The summed E-state index contributed by atoms with van der Waals surface area (Å²) in [4.78, 5) is 2.56. The predicted octanol–water partition coefficient (Wildman–Crippen LogP) is 3.28. The molecule has 0 aliphatic rings. The van der Waals surface area contributed by atoms with Crippen molar-refractivity contribution in [2.45, 2.75) is 46.1 Å². The molecule has 0 aromatic heterocycles. The summed E-state index contributed by atoms with van der Waals surface area (Å²) in [6.07, 6.45) is 3.89. The first-order valence-electron chi connectivity index (χ1n) is 5.06. The lowest BCUT2D eigenvalue weighted by molar-refractivity contribution is 0.212. The highest BCUT2D eigenvalue weighted by molar-refractivity contribution is 9.09. The number of halogens is 1. The Labute approximate surface area is 85.7 Å². The Hall–Kier alpha value is 0.440. The first-order chi connectivity index (χ1) is 5.76. The molecule has 74 valence electrons. The molecule has 0 saturated heterocycles. The smallest absolute Gasteiger partial charge is 0.00641 e. The van der Waals surface area contributed by atoms with Gasteiger partial charge in [0.15, 0.2) is 0 Å². The summed E-state index contributed by atoms with van der Waals surface area (Å²) in [6, 6.07) is 0.755. The minimum atomic E-state index is 0.755. The molecular formula is C10H22BrN. The van der Waals surface area contributed by atoms with Crippen molar-refractivity contribution in [2.75, 3.05) is 18.4 Å². The summed E-state index contributed by atoms with van der Waals surface area (Å²) < 4.78 is 0. The number of rotatable bonds is 7. The number of alkyl halides is 1. The summed E-state index contributed by atoms with van der Waals surface area (Å²) in [5, 5.41) is 1.14. The second-order valence-electron chi connectivity index (χ2n) is 3.28. The van der Waals surface area contributed by atoms with Gasteiger partial charge in [0.1, 0.15) is 0 Å². The third kappa shape index (κ3) is 5.15. The van der Waals surface area contributed by atoms with E-state index in [0.29, 0.717) is 0 Å². The van der Waals surface area contributed by atoms with Crippen molar-refractivity contribution in [3.8, 4) is 0 Å². The normalized spacial score (nSPS) is 13.8. The quantitative estimate of drug-likeness (QED) is 0.484. The molecule has 0 fully saturated rings. The van der Waals surface area contributed by atoms with Gasteiger partial charge >= 0.3 is 0 Å². The van der Waals surface area contributed by atoms with Gasteiger partial charge in [-0.25, -0.2) is 0 Å². The standard InChI is InChI=1S/C10H22BrN/c1-4-10(3)12(5-2)9-7-6-8-11/h10H,4-9H2,1-3H3. The predicted molar refractivity (Wildman–Crippen MR) is 60.0 cm³/mol. The van der Waals surface area contributed by atoms with Crippen molar-refractivity contribution >= 4 is 15.9 Å². The topological polar surface area (TPSA) is 3.24 Å². The van der Waals surface area contributed by atoms with E-state index < -0.39 is 0 Å². The Morgan fingerprint density at radius 2 is 1.92 bits per heavy atom. The third-order valence-electron chi connectivity index (χ3n) is 2.45. The molecule has 0 saturated carbocycles. The van der Waals surface area contributed by atoms with Crippen LogP contribution in [-0.2, 0) is 0 Å². The van der Waals surface area contributed by atoms with Gasteiger partial charge in [0.2, 0.25) is 0 Å². The maximum atomic E-state index is 3.46. The zero-order valence-electron chi connectivity index (χ0n) is 8.65. The van der Waals surface area contributed by atoms with Gasteiger partial charge in [-0.2, -0.15) is 0 Å². The number of hydrogen-bond donors (Lipinski definition) is 0. The second kappa shape index (κ2) is 8.06. The molecule has 0 aliphatic heterocycles. The van der Waals surface area contributed by atoms with E-state index in [1.807, 2.05) is 0 Å². The van der Waals surface area contributed by atoms with Gasteiger partial charge in [0.05, 0.1) is 0 Å². The van der Waals surface area contributed by atoms with Crippen molar-refractivity contribution in [3.05, 3.63) is 0 Å². The molecule has 0 amide bonds. The Kier molecular flexibility index (Phi) is 8.35. The van der Waals surface area contributed by atoms with E-state index >= 15 is 0 Å². The summed E-state index contributed by atoms with van der Waals surface area (Å²) in [5.74, 6) is 0. The maximum absolute atomic E-state index is 3.46. The SMILES string of the molecule is CCC(C)N(CC)CCCCBr. The maximum Gasteiger partial charge on any atom is 0.00641 e. The van der Waals surface area contributed by atoms with Gasteiger partial charge in [0.25, 0.3) is 0 Å². The lowest BCUT2D eigenvalue weighted by Crippen LogP contribution is -2.33. The van der Waals surface area contributed by atoms with Gasteiger partial charge < -0.3 is 4.90 Å². The van der Waals surface area contributed by atoms with Crippen LogP contribution in [0.3, 0.4) is 0 Å². The molecule has 0 heterocycles. The van der Waals surface area contributed by atoms with E-state index in [0.717, 1.165) is 11.4 Å². The Bertz CT molecular complexity index is 95.8. The van der Waals surface area contributed by atoms with E-state index in [1.54, 1.807) is 0 Å². The summed E-state index contributed by atoms with van der Waals surface area (Å²) in [7, 11) is 0. The average Bonchev–Trinajstić information content (AvgIpc) is 2.11. The summed E-state index contributed by atoms with van der Waals surface area (Å²) in [5.41, 5.74) is 0. The largest absolute Gasteiger partial charge is 0.301 e. The van der Waals surface area contributed by atoms with Crippen LogP contribution in [0.4, 0.5) is 0 Å². The highest BCUT2D eigenvalue weighted by atomic mass is 79.9. The fraction of sp³-hybridized carbons (Fsp3) is 1.00. The molecule has 1 nitrogen and oxygen atoms in total. The Morgan fingerprint density at radius 1 is 1.25 bits per heavy atom. The minimum absolute atomic E-state index is 0.755. The van der Waals surface area contributed by atoms with E-state index in [4.69, 9.17) is 0 Å². The molecule has 2 heteroatoms. The van der Waals surface area contributed by atoms with Crippen molar-refractivity contribution in [3.63, 3.8) is 0 Å². The third-order valence-corrected chi connectivity index (χ3v) is 3.01. The van der Waals surface area contributed by atoms with Crippen LogP contribution >= 0.6 is 15.9 Å². The monoisotopic (exact) mass is 235 g/mol. The van der Waals surface area contributed by atoms with Crippen LogP contribution in [0.25, 0.3) is 0 Å². The van der Waals surface area contributed by atoms with Gasteiger partial charge in [-0.15, -0.1) is 0 Å². The molecule has 0 bridgehead atoms. The van der Waals surface area contributed by atoms with Crippen LogP contribution in [0.5, 0.6) is 0 Å². The Balaban J connectivity index is 3.52. The van der Waals surface area contributed by atoms with E-state index in [1.165, 1.54) is 32.4 Å². The van der Waals surface area contributed by atoms with Crippen LogP contribution in [0.15, 0.2) is 0 Å². The molecular weight excluding hydrogens is 214 g/mol. The van der Waals surface area contributed by atoms with E-state index in [2.05, 4.69) is 41.6 Å². The van der Waals surface area contributed by atoms with Crippen molar-refractivity contribution in [1.82, 2.24) is 4.90 Å². The van der Waals surface area contributed by atoms with Gasteiger partial charge in [-0.3, -0.25) is 0 Å². The van der Waals surface area contributed by atoms with Gasteiger partial charge in [-0.05, 0) is 39.3 Å². The molecule has 1 atom stereocenters. The highest BCUT2D eigenvalue weighted by Gasteiger charge is 2.08. The molecule has 0 N–H and O–H groups in total. The number of nitrogens with zero attached hydrogens (tertiary/aromatic N) is 1. The van der Waals surface area contributed by atoms with E-state index in [9.17, 15) is 0 Å². The first-order valence-corrected chi connectivity index (χ1v) is 6.18. The zero-order valence-corrected chi connectivity index (χ0v) is 10.2. The highest BCUT2D eigenvalue weighted by Crippen LogP contribution is 2.05. The fourth-order valence-corrected chi connectivity index (χ4v) is 1.75.